The highest BCUT2D eigenvalue weighted by Crippen LogP contribution is 2.27. The predicted molar refractivity (Wildman–Crippen MR) is 66.4 cm³/mol. The fraction of sp³-hybridized carbons (Fsp3) is 0.727. The van der Waals surface area contributed by atoms with Crippen molar-refractivity contribution >= 4 is 22.3 Å². The third kappa shape index (κ3) is 2.84. The molecule has 0 bridgehead atoms. The van der Waals surface area contributed by atoms with Gasteiger partial charge in [0.2, 0.25) is 0 Å². The SMILES string of the molecule is CN(CC1CCCCC1)c1nc(N)cs1. The van der Waals surface area contributed by atoms with Crippen LogP contribution >= 0.6 is 11.3 Å². The lowest BCUT2D eigenvalue weighted by atomic mass is 9.89. The van der Waals surface area contributed by atoms with Gasteiger partial charge in [0, 0.05) is 19.0 Å². The molecule has 1 fully saturated rings. The zero-order chi connectivity index (χ0) is 10.7. The standard InChI is InChI=1S/C11H19N3S/c1-14(11-13-10(12)8-15-11)7-9-5-3-2-4-6-9/h8-9H,2-7,12H2,1H3. The van der Waals surface area contributed by atoms with Crippen LogP contribution in [0.5, 0.6) is 0 Å². The van der Waals surface area contributed by atoms with Gasteiger partial charge in [0.05, 0.1) is 0 Å². The topological polar surface area (TPSA) is 42.2 Å². The molecule has 1 saturated carbocycles. The summed E-state index contributed by atoms with van der Waals surface area (Å²) in [6, 6.07) is 0. The minimum Gasteiger partial charge on any atom is -0.383 e. The van der Waals surface area contributed by atoms with Crippen molar-refractivity contribution in [2.24, 2.45) is 5.92 Å². The van der Waals surface area contributed by atoms with Gasteiger partial charge in [-0.25, -0.2) is 4.98 Å². The largest absolute Gasteiger partial charge is 0.383 e. The Morgan fingerprint density at radius 3 is 2.80 bits per heavy atom. The van der Waals surface area contributed by atoms with Crippen molar-refractivity contribution in [3.05, 3.63) is 5.38 Å². The number of thiazole rings is 1. The molecule has 0 atom stereocenters. The van der Waals surface area contributed by atoms with Crippen LogP contribution in [0.2, 0.25) is 0 Å². The molecule has 0 spiro atoms. The molecule has 0 amide bonds. The van der Waals surface area contributed by atoms with E-state index in [-0.39, 0.29) is 0 Å². The van der Waals surface area contributed by atoms with Crippen LogP contribution in [0.15, 0.2) is 5.38 Å². The molecule has 4 heteroatoms. The van der Waals surface area contributed by atoms with E-state index in [9.17, 15) is 0 Å². The summed E-state index contributed by atoms with van der Waals surface area (Å²) in [5, 5.41) is 2.96. The Bertz CT molecular complexity index is 305. The maximum absolute atomic E-state index is 5.62. The molecule has 0 aromatic carbocycles. The van der Waals surface area contributed by atoms with Crippen molar-refractivity contribution < 1.29 is 0 Å². The van der Waals surface area contributed by atoms with Gasteiger partial charge in [0.15, 0.2) is 5.13 Å². The molecule has 2 rings (SSSR count). The second-order valence-corrected chi connectivity index (χ2v) is 5.28. The van der Waals surface area contributed by atoms with Gasteiger partial charge in [0.1, 0.15) is 5.82 Å². The van der Waals surface area contributed by atoms with Gasteiger partial charge in [-0.15, -0.1) is 11.3 Å². The molecule has 1 aromatic rings. The summed E-state index contributed by atoms with van der Waals surface area (Å²) < 4.78 is 0. The van der Waals surface area contributed by atoms with Gasteiger partial charge in [-0.1, -0.05) is 19.3 Å². The maximum atomic E-state index is 5.62. The van der Waals surface area contributed by atoms with Crippen molar-refractivity contribution in [1.82, 2.24) is 4.98 Å². The molecule has 1 heterocycles. The first-order chi connectivity index (χ1) is 7.25. The van der Waals surface area contributed by atoms with Crippen molar-refractivity contribution in [3.8, 4) is 0 Å². The van der Waals surface area contributed by atoms with E-state index >= 15 is 0 Å². The summed E-state index contributed by atoms with van der Waals surface area (Å²) in [7, 11) is 2.12. The van der Waals surface area contributed by atoms with E-state index in [2.05, 4.69) is 16.9 Å². The molecule has 1 aliphatic rings. The van der Waals surface area contributed by atoms with Gasteiger partial charge >= 0.3 is 0 Å². The first-order valence-electron chi connectivity index (χ1n) is 5.68. The fourth-order valence-electron chi connectivity index (χ4n) is 2.29. The van der Waals surface area contributed by atoms with Crippen molar-refractivity contribution in [3.63, 3.8) is 0 Å². The van der Waals surface area contributed by atoms with Crippen molar-refractivity contribution in [2.45, 2.75) is 32.1 Å². The number of hydrogen-bond donors (Lipinski definition) is 1. The first-order valence-corrected chi connectivity index (χ1v) is 6.56. The van der Waals surface area contributed by atoms with Gasteiger partial charge in [0.25, 0.3) is 0 Å². The normalized spacial score (nSPS) is 17.9. The highest BCUT2D eigenvalue weighted by molar-refractivity contribution is 7.14. The predicted octanol–water partition coefficient (Wildman–Crippen LogP) is 2.74. The number of aromatic nitrogens is 1. The van der Waals surface area contributed by atoms with E-state index in [1.807, 2.05) is 5.38 Å². The van der Waals surface area contributed by atoms with Crippen LogP contribution in [-0.2, 0) is 0 Å². The van der Waals surface area contributed by atoms with E-state index in [1.165, 1.54) is 32.1 Å². The molecule has 1 aliphatic carbocycles. The highest BCUT2D eigenvalue weighted by Gasteiger charge is 2.16. The summed E-state index contributed by atoms with van der Waals surface area (Å²) in [5.74, 6) is 1.50. The van der Waals surface area contributed by atoms with Crippen LogP contribution < -0.4 is 10.6 Å². The molecular weight excluding hydrogens is 206 g/mol. The molecule has 3 nitrogen and oxygen atoms in total. The molecule has 84 valence electrons. The van der Waals surface area contributed by atoms with E-state index in [1.54, 1.807) is 11.3 Å². The van der Waals surface area contributed by atoms with Crippen molar-refractivity contribution in [2.75, 3.05) is 24.2 Å². The van der Waals surface area contributed by atoms with Crippen molar-refractivity contribution in [1.29, 1.82) is 0 Å². The van der Waals surface area contributed by atoms with Crippen LogP contribution in [-0.4, -0.2) is 18.6 Å². The lowest BCUT2D eigenvalue weighted by Crippen LogP contribution is -2.26. The van der Waals surface area contributed by atoms with Gasteiger partial charge in [-0.05, 0) is 18.8 Å². The van der Waals surface area contributed by atoms with Crippen LogP contribution in [0.25, 0.3) is 0 Å². The quantitative estimate of drug-likeness (QED) is 0.860. The third-order valence-electron chi connectivity index (χ3n) is 3.09. The van der Waals surface area contributed by atoms with E-state index in [4.69, 9.17) is 5.73 Å². The van der Waals surface area contributed by atoms with Crippen LogP contribution in [0.1, 0.15) is 32.1 Å². The minimum atomic E-state index is 0.644. The highest BCUT2D eigenvalue weighted by atomic mass is 32.1. The van der Waals surface area contributed by atoms with Gasteiger partial charge in [-0.3, -0.25) is 0 Å². The smallest absolute Gasteiger partial charge is 0.187 e. The number of hydrogen-bond acceptors (Lipinski definition) is 4. The second-order valence-electron chi connectivity index (χ2n) is 4.44. The summed E-state index contributed by atoms with van der Waals surface area (Å²) in [5.41, 5.74) is 5.62. The monoisotopic (exact) mass is 225 g/mol. The second kappa shape index (κ2) is 4.84. The molecule has 0 aliphatic heterocycles. The Morgan fingerprint density at radius 1 is 1.47 bits per heavy atom. The molecular formula is C11H19N3S. The molecule has 15 heavy (non-hydrogen) atoms. The van der Waals surface area contributed by atoms with E-state index < -0.39 is 0 Å². The molecule has 0 radical (unpaired) electrons. The Labute approximate surface area is 95.3 Å². The Morgan fingerprint density at radius 2 is 2.20 bits per heavy atom. The third-order valence-corrected chi connectivity index (χ3v) is 4.07. The minimum absolute atomic E-state index is 0.644. The molecule has 0 saturated heterocycles. The summed E-state index contributed by atoms with van der Waals surface area (Å²) in [4.78, 5) is 6.55. The molecule has 0 unspecified atom stereocenters. The average molecular weight is 225 g/mol. The number of rotatable bonds is 3. The lowest BCUT2D eigenvalue weighted by molar-refractivity contribution is 0.362. The number of nitrogens with zero attached hydrogens (tertiary/aromatic N) is 2. The summed E-state index contributed by atoms with van der Waals surface area (Å²) in [6.07, 6.45) is 6.98. The Balaban J connectivity index is 1.88. The Kier molecular flexibility index (Phi) is 3.46. The van der Waals surface area contributed by atoms with E-state index in [0.717, 1.165) is 17.6 Å². The zero-order valence-corrected chi connectivity index (χ0v) is 10.1. The zero-order valence-electron chi connectivity index (χ0n) is 9.28. The molecule has 1 aromatic heterocycles. The fourth-order valence-corrected chi connectivity index (χ4v) is 2.98. The molecule has 2 N–H and O–H groups in total. The number of nitrogens with two attached hydrogens (primary N) is 1. The lowest BCUT2D eigenvalue weighted by Gasteiger charge is -2.26. The summed E-state index contributed by atoms with van der Waals surface area (Å²) >= 11 is 1.64. The van der Waals surface area contributed by atoms with Crippen LogP contribution in [0.3, 0.4) is 0 Å². The van der Waals surface area contributed by atoms with Gasteiger partial charge in [-0.2, -0.15) is 0 Å². The van der Waals surface area contributed by atoms with Crippen LogP contribution in [0, 0.1) is 5.92 Å². The number of nitrogen functional groups attached to an aromatic ring is 1. The first kappa shape index (κ1) is 10.7. The summed E-state index contributed by atoms with van der Waals surface area (Å²) in [6.45, 7) is 1.13. The maximum Gasteiger partial charge on any atom is 0.187 e. The number of anilines is 2. The van der Waals surface area contributed by atoms with E-state index in [0.29, 0.717) is 5.82 Å². The van der Waals surface area contributed by atoms with Crippen LogP contribution in [0.4, 0.5) is 10.9 Å². The average Bonchev–Trinajstić information content (AvgIpc) is 2.66. The Hall–Kier alpha value is -0.770. The van der Waals surface area contributed by atoms with Gasteiger partial charge < -0.3 is 10.6 Å².